The fourth-order valence-corrected chi connectivity index (χ4v) is 3.85. The highest BCUT2D eigenvalue weighted by molar-refractivity contribution is 5.89. The summed E-state index contributed by atoms with van der Waals surface area (Å²) in [6.07, 6.45) is 7.32. The number of hydrogen-bond donors (Lipinski definition) is 1. The monoisotopic (exact) mass is 374 g/mol. The average Bonchev–Trinajstić information content (AvgIpc) is 2.88. The standard InChI is InChI=1S/C21H30N2O4/c1-26-18-8-10-19(11-9-18)27-13-12-23-15-16(14-20(23)24)21(25)22-17-6-4-2-3-5-7-17/h8-11,16-17H,2-7,12-15H2,1H3,(H,22,25). The highest BCUT2D eigenvalue weighted by Gasteiger charge is 2.34. The van der Waals surface area contributed by atoms with Crippen LogP contribution in [0.3, 0.4) is 0 Å². The Bertz CT molecular complexity index is 624. The van der Waals surface area contributed by atoms with Gasteiger partial charge in [-0.2, -0.15) is 0 Å². The summed E-state index contributed by atoms with van der Waals surface area (Å²) < 4.78 is 10.8. The van der Waals surface area contributed by atoms with Gasteiger partial charge >= 0.3 is 0 Å². The molecule has 6 nitrogen and oxygen atoms in total. The van der Waals surface area contributed by atoms with Crippen LogP contribution in [0.25, 0.3) is 0 Å². The lowest BCUT2D eigenvalue weighted by Gasteiger charge is -2.20. The molecule has 1 saturated carbocycles. The minimum atomic E-state index is -0.235. The molecule has 2 fully saturated rings. The zero-order valence-electron chi connectivity index (χ0n) is 16.1. The van der Waals surface area contributed by atoms with E-state index in [9.17, 15) is 9.59 Å². The fraction of sp³-hybridized carbons (Fsp3) is 0.619. The van der Waals surface area contributed by atoms with Crippen LogP contribution in [-0.2, 0) is 9.59 Å². The Morgan fingerprint density at radius 3 is 2.44 bits per heavy atom. The molecule has 0 bridgehead atoms. The van der Waals surface area contributed by atoms with Gasteiger partial charge < -0.3 is 19.7 Å². The fourth-order valence-electron chi connectivity index (χ4n) is 3.85. The third-order valence-electron chi connectivity index (χ3n) is 5.48. The summed E-state index contributed by atoms with van der Waals surface area (Å²) in [7, 11) is 1.62. The zero-order valence-corrected chi connectivity index (χ0v) is 16.1. The van der Waals surface area contributed by atoms with Crippen LogP contribution in [0.15, 0.2) is 24.3 Å². The quantitative estimate of drug-likeness (QED) is 0.745. The van der Waals surface area contributed by atoms with E-state index in [4.69, 9.17) is 9.47 Å². The largest absolute Gasteiger partial charge is 0.497 e. The molecule has 1 unspecified atom stereocenters. The van der Waals surface area contributed by atoms with Crippen LogP contribution in [0.2, 0.25) is 0 Å². The lowest BCUT2D eigenvalue weighted by atomic mass is 10.0. The maximum absolute atomic E-state index is 12.5. The molecular weight excluding hydrogens is 344 g/mol. The van der Waals surface area contributed by atoms with Gasteiger partial charge in [0.05, 0.1) is 19.6 Å². The van der Waals surface area contributed by atoms with Gasteiger partial charge in [-0.3, -0.25) is 9.59 Å². The molecule has 3 rings (SSSR count). The normalized spacial score (nSPS) is 21.0. The summed E-state index contributed by atoms with van der Waals surface area (Å²) in [5.74, 6) is 1.36. The van der Waals surface area contributed by atoms with E-state index in [1.165, 1.54) is 25.7 Å². The van der Waals surface area contributed by atoms with Crippen LogP contribution in [0.4, 0.5) is 0 Å². The van der Waals surface area contributed by atoms with Crippen LogP contribution < -0.4 is 14.8 Å². The molecule has 0 spiro atoms. The Morgan fingerprint density at radius 1 is 1.11 bits per heavy atom. The van der Waals surface area contributed by atoms with E-state index in [1.54, 1.807) is 12.0 Å². The lowest BCUT2D eigenvalue weighted by Crippen LogP contribution is -2.40. The van der Waals surface area contributed by atoms with E-state index < -0.39 is 0 Å². The summed E-state index contributed by atoms with van der Waals surface area (Å²) in [4.78, 5) is 26.5. The molecule has 2 amide bonds. The van der Waals surface area contributed by atoms with Gasteiger partial charge in [0.15, 0.2) is 0 Å². The molecule has 1 aliphatic carbocycles. The first kappa shape index (κ1) is 19.5. The molecule has 2 aliphatic rings. The van der Waals surface area contributed by atoms with Crippen LogP contribution in [0, 0.1) is 5.92 Å². The second kappa shape index (κ2) is 9.62. The number of nitrogens with zero attached hydrogens (tertiary/aromatic N) is 1. The molecular formula is C21H30N2O4. The number of nitrogens with one attached hydrogen (secondary N) is 1. The van der Waals surface area contributed by atoms with Gasteiger partial charge in [-0.05, 0) is 37.1 Å². The van der Waals surface area contributed by atoms with Crippen molar-refractivity contribution in [3.05, 3.63) is 24.3 Å². The predicted molar refractivity (Wildman–Crippen MR) is 103 cm³/mol. The first-order valence-corrected chi connectivity index (χ1v) is 10.0. The summed E-state index contributed by atoms with van der Waals surface area (Å²) in [5, 5.41) is 3.17. The van der Waals surface area contributed by atoms with E-state index in [2.05, 4.69) is 5.32 Å². The van der Waals surface area contributed by atoms with E-state index in [0.717, 1.165) is 24.3 Å². The number of carbonyl (C=O) groups excluding carboxylic acids is 2. The molecule has 0 radical (unpaired) electrons. The third-order valence-corrected chi connectivity index (χ3v) is 5.48. The van der Waals surface area contributed by atoms with Gasteiger partial charge in [-0.25, -0.2) is 0 Å². The highest BCUT2D eigenvalue weighted by atomic mass is 16.5. The summed E-state index contributed by atoms with van der Waals surface area (Å²) >= 11 is 0. The Balaban J connectivity index is 1.41. The molecule has 1 aromatic rings. The molecule has 1 saturated heterocycles. The number of likely N-dealkylation sites (tertiary alicyclic amines) is 1. The van der Waals surface area contributed by atoms with Gasteiger partial charge in [0.25, 0.3) is 0 Å². The summed E-state index contributed by atoms with van der Waals surface area (Å²) in [6, 6.07) is 7.64. The molecule has 1 N–H and O–H groups in total. The van der Waals surface area contributed by atoms with Gasteiger partial charge in [-0.1, -0.05) is 25.7 Å². The van der Waals surface area contributed by atoms with Crippen LogP contribution in [0.1, 0.15) is 44.9 Å². The third kappa shape index (κ3) is 5.62. The number of ether oxygens (including phenoxy) is 2. The van der Waals surface area contributed by atoms with Gasteiger partial charge in [0.1, 0.15) is 18.1 Å². The molecule has 6 heteroatoms. The SMILES string of the molecule is COc1ccc(OCCN2CC(C(=O)NC3CCCCCC3)CC2=O)cc1. The maximum Gasteiger partial charge on any atom is 0.225 e. The van der Waals surface area contributed by atoms with Crippen molar-refractivity contribution in [2.45, 2.75) is 51.0 Å². The Morgan fingerprint density at radius 2 is 1.78 bits per heavy atom. The van der Waals surface area contributed by atoms with E-state index >= 15 is 0 Å². The van der Waals surface area contributed by atoms with E-state index in [1.807, 2.05) is 24.3 Å². The highest BCUT2D eigenvalue weighted by Crippen LogP contribution is 2.22. The number of amides is 2. The summed E-state index contributed by atoms with van der Waals surface area (Å²) in [6.45, 7) is 1.40. The zero-order chi connectivity index (χ0) is 19.1. The molecule has 1 heterocycles. The number of carbonyl (C=O) groups is 2. The number of rotatable bonds is 7. The number of methoxy groups -OCH3 is 1. The van der Waals surface area contributed by atoms with Crippen molar-refractivity contribution in [2.24, 2.45) is 5.92 Å². The van der Waals surface area contributed by atoms with E-state index in [0.29, 0.717) is 26.1 Å². The molecule has 148 valence electrons. The first-order valence-electron chi connectivity index (χ1n) is 10.0. The van der Waals surface area contributed by atoms with Crippen molar-refractivity contribution in [3.63, 3.8) is 0 Å². The van der Waals surface area contributed by atoms with Crippen molar-refractivity contribution in [3.8, 4) is 11.5 Å². The molecule has 1 atom stereocenters. The lowest BCUT2D eigenvalue weighted by molar-refractivity contribution is -0.129. The van der Waals surface area contributed by atoms with E-state index in [-0.39, 0.29) is 23.8 Å². The second-order valence-electron chi connectivity index (χ2n) is 7.46. The van der Waals surface area contributed by atoms with Gasteiger partial charge in [-0.15, -0.1) is 0 Å². The van der Waals surface area contributed by atoms with Crippen molar-refractivity contribution in [1.29, 1.82) is 0 Å². The molecule has 0 aromatic heterocycles. The van der Waals surface area contributed by atoms with Crippen LogP contribution >= 0.6 is 0 Å². The van der Waals surface area contributed by atoms with Crippen molar-refractivity contribution in [2.75, 3.05) is 26.8 Å². The van der Waals surface area contributed by atoms with Crippen molar-refractivity contribution >= 4 is 11.8 Å². The Hall–Kier alpha value is -2.24. The molecule has 1 aromatic carbocycles. The van der Waals surface area contributed by atoms with Crippen molar-refractivity contribution < 1.29 is 19.1 Å². The van der Waals surface area contributed by atoms with Crippen LogP contribution in [0.5, 0.6) is 11.5 Å². The minimum Gasteiger partial charge on any atom is -0.497 e. The Kier molecular flexibility index (Phi) is 6.96. The topological polar surface area (TPSA) is 67.9 Å². The number of benzene rings is 1. The molecule has 27 heavy (non-hydrogen) atoms. The minimum absolute atomic E-state index is 0.0359. The summed E-state index contributed by atoms with van der Waals surface area (Å²) in [5.41, 5.74) is 0. The van der Waals surface area contributed by atoms with Gasteiger partial charge in [0.2, 0.25) is 11.8 Å². The number of hydrogen-bond acceptors (Lipinski definition) is 4. The van der Waals surface area contributed by atoms with Crippen molar-refractivity contribution in [1.82, 2.24) is 10.2 Å². The van der Waals surface area contributed by atoms with Crippen LogP contribution in [-0.4, -0.2) is 49.6 Å². The first-order chi connectivity index (χ1) is 13.2. The second-order valence-corrected chi connectivity index (χ2v) is 7.46. The smallest absolute Gasteiger partial charge is 0.225 e. The maximum atomic E-state index is 12.5. The predicted octanol–water partition coefficient (Wildman–Crippen LogP) is 2.76. The van der Waals surface area contributed by atoms with Gasteiger partial charge in [0, 0.05) is 19.0 Å². The average molecular weight is 374 g/mol. The molecule has 1 aliphatic heterocycles. The Labute approximate surface area is 161 Å².